The zero-order valence-electron chi connectivity index (χ0n) is 14.4. The van der Waals surface area contributed by atoms with Gasteiger partial charge in [-0.25, -0.2) is 0 Å². The van der Waals surface area contributed by atoms with Crippen molar-refractivity contribution >= 4 is 21.1 Å². The van der Waals surface area contributed by atoms with Crippen LogP contribution in [0.5, 0.6) is 5.75 Å². The average molecular weight is 352 g/mol. The molecular weight excluding hydrogens is 328 g/mol. The number of likely N-dealkylation sites (N-methyl/N-ethyl adjacent to an activating group) is 1. The Labute approximate surface area is 143 Å². The Morgan fingerprint density at radius 2 is 2.04 bits per heavy atom. The molecule has 6 nitrogen and oxygen atoms in total. The van der Waals surface area contributed by atoms with Crippen LogP contribution in [0.1, 0.15) is 13.8 Å². The highest BCUT2D eigenvalue weighted by atomic mass is 32.2. The first-order valence-electron chi connectivity index (χ1n) is 8.08. The maximum atomic E-state index is 12.3. The van der Waals surface area contributed by atoms with Crippen molar-refractivity contribution in [3.05, 3.63) is 30.5 Å². The molecule has 24 heavy (non-hydrogen) atoms. The minimum Gasteiger partial charge on any atom is -0.464 e. The summed E-state index contributed by atoms with van der Waals surface area (Å²) in [6.07, 6.45) is 1.57. The molecule has 132 valence electrons. The van der Waals surface area contributed by atoms with Gasteiger partial charge in [-0.05, 0) is 45.2 Å². The second-order valence-electron chi connectivity index (χ2n) is 6.98. The Morgan fingerprint density at radius 1 is 1.25 bits per heavy atom. The number of hydrogen-bond donors (Lipinski definition) is 0. The lowest BCUT2D eigenvalue weighted by atomic mass is 10.00. The van der Waals surface area contributed by atoms with Crippen molar-refractivity contribution in [3.63, 3.8) is 0 Å². The van der Waals surface area contributed by atoms with E-state index < -0.39 is 10.1 Å². The van der Waals surface area contributed by atoms with Crippen LogP contribution in [0.4, 0.5) is 0 Å². The highest BCUT2D eigenvalue weighted by molar-refractivity contribution is 7.87. The Morgan fingerprint density at radius 3 is 2.79 bits per heavy atom. The fraction of sp³-hybridized carbons (Fsp3) is 0.529. The molecule has 1 aliphatic rings. The summed E-state index contributed by atoms with van der Waals surface area (Å²) in [4.78, 5) is 4.48. The molecule has 1 aliphatic heterocycles. The third-order valence-corrected chi connectivity index (χ3v) is 5.83. The fourth-order valence-electron chi connectivity index (χ4n) is 2.96. The minimum absolute atomic E-state index is 0.0176. The number of benzene rings is 1. The normalized spacial score (nSPS) is 19.6. The summed E-state index contributed by atoms with van der Waals surface area (Å²) < 4.78 is 35.0. The molecule has 0 unspecified atom stereocenters. The van der Waals surface area contributed by atoms with E-state index in [2.05, 4.69) is 30.7 Å². The van der Waals surface area contributed by atoms with E-state index in [1.807, 2.05) is 0 Å². The van der Waals surface area contributed by atoms with Crippen LogP contribution in [0.15, 0.2) is 34.9 Å². The second kappa shape index (κ2) is 6.38. The van der Waals surface area contributed by atoms with Gasteiger partial charge in [-0.3, -0.25) is 9.80 Å². The van der Waals surface area contributed by atoms with E-state index in [1.165, 1.54) is 0 Å². The summed E-state index contributed by atoms with van der Waals surface area (Å²) in [5.74, 6) is 0.304. The number of rotatable bonds is 5. The van der Waals surface area contributed by atoms with Crippen LogP contribution in [-0.4, -0.2) is 62.7 Å². The summed E-state index contributed by atoms with van der Waals surface area (Å²) in [6.45, 7) is 7.48. The lowest BCUT2D eigenvalue weighted by Gasteiger charge is -2.45. The highest BCUT2D eigenvalue weighted by Gasteiger charge is 2.31. The largest absolute Gasteiger partial charge is 0.464 e. The van der Waals surface area contributed by atoms with E-state index >= 15 is 0 Å². The first-order valence-corrected chi connectivity index (χ1v) is 9.66. The molecule has 1 aromatic heterocycles. The van der Waals surface area contributed by atoms with Crippen molar-refractivity contribution in [1.82, 2.24) is 9.80 Å². The van der Waals surface area contributed by atoms with E-state index in [1.54, 1.807) is 30.5 Å². The van der Waals surface area contributed by atoms with E-state index in [9.17, 15) is 8.42 Å². The van der Waals surface area contributed by atoms with Crippen LogP contribution < -0.4 is 4.18 Å². The van der Waals surface area contributed by atoms with E-state index in [4.69, 9.17) is 8.60 Å². The van der Waals surface area contributed by atoms with E-state index in [0.29, 0.717) is 17.9 Å². The van der Waals surface area contributed by atoms with Gasteiger partial charge in [0.25, 0.3) is 0 Å². The molecular formula is C17H24N2O4S. The predicted octanol–water partition coefficient (Wildman–Crippen LogP) is 2.17. The van der Waals surface area contributed by atoms with Crippen LogP contribution in [0, 0.1) is 0 Å². The molecule has 2 heterocycles. The predicted molar refractivity (Wildman–Crippen MR) is 93.8 cm³/mol. The minimum atomic E-state index is -3.62. The van der Waals surface area contributed by atoms with Gasteiger partial charge in [0.1, 0.15) is 11.3 Å². The molecule has 1 fully saturated rings. The second-order valence-corrected chi connectivity index (χ2v) is 8.67. The van der Waals surface area contributed by atoms with Gasteiger partial charge in [0.05, 0.1) is 12.0 Å². The molecule has 7 heteroatoms. The van der Waals surface area contributed by atoms with Crippen LogP contribution in [-0.2, 0) is 10.1 Å². The third-order valence-electron chi connectivity index (χ3n) is 4.70. The first-order chi connectivity index (χ1) is 11.3. The number of hydrogen-bond acceptors (Lipinski definition) is 6. The van der Waals surface area contributed by atoms with Gasteiger partial charge in [0.2, 0.25) is 0 Å². The van der Waals surface area contributed by atoms with Gasteiger partial charge in [-0.1, -0.05) is 0 Å². The van der Waals surface area contributed by atoms with E-state index in [0.717, 1.165) is 25.0 Å². The van der Waals surface area contributed by atoms with Crippen LogP contribution in [0.2, 0.25) is 0 Å². The Balaban J connectivity index is 1.60. The molecule has 2 aromatic rings. The summed E-state index contributed by atoms with van der Waals surface area (Å²) >= 11 is 0. The Kier molecular flexibility index (Phi) is 4.59. The lowest BCUT2D eigenvalue weighted by Crippen LogP contribution is -2.58. The standard InChI is InChI=1S/C17H24N2O4S/c1-17(2)13-19(8-7-18(17)3)9-11-24(20,21)23-15-4-5-16-14(12-15)6-10-22-16/h4-6,10,12H,7-9,11,13H2,1-3H3. The SMILES string of the molecule is CN1CCN(CCS(=O)(=O)Oc2ccc3occc3c2)CC1(C)C. The summed E-state index contributed by atoms with van der Waals surface area (Å²) in [5, 5.41) is 0.823. The van der Waals surface area contributed by atoms with Crippen LogP contribution in [0.3, 0.4) is 0 Å². The van der Waals surface area contributed by atoms with Crippen molar-refractivity contribution in [3.8, 4) is 5.75 Å². The van der Waals surface area contributed by atoms with Crippen molar-refractivity contribution in [2.45, 2.75) is 19.4 Å². The summed E-state index contributed by atoms with van der Waals surface area (Å²) in [7, 11) is -1.52. The molecule has 0 saturated carbocycles. The molecule has 0 spiro atoms. The zero-order valence-corrected chi connectivity index (χ0v) is 15.2. The zero-order chi connectivity index (χ0) is 17.4. The molecule has 1 saturated heterocycles. The molecule has 0 radical (unpaired) electrons. The van der Waals surface area contributed by atoms with Gasteiger partial charge >= 0.3 is 10.1 Å². The molecule has 1 aromatic carbocycles. The van der Waals surface area contributed by atoms with Crippen LogP contribution >= 0.6 is 0 Å². The monoisotopic (exact) mass is 352 g/mol. The molecule has 0 bridgehead atoms. The Hall–Kier alpha value is -1.57. The van der Waals surface area contributed by atoms with Gasteiger partial charge in [-0.15, -0.1) is 0 Å². The maximum Gasteiger partial charge on any atom is 0.310 e. The summed E-state index contributed by atoms with van der Waals surface area (Å²) in [6, 6.07) is 6.78. The van der Waals surface area contributed by atoms with Crippen molar-refractivity contribution < 1.29 is 17.0 Å². The smallest absolute Gasteiger partial charge is 0.310 e. The van der Waals surface area contributed by atoms with E-state index in [-0.39, 0.29) is 11.3 Å². The number of furan rings is 1. The quantitative estimate of drug-likeness (QED) is 0.769. The van der Waals surface area contributed by atoms with Crippen LogP contribution in [0.25, 0.3) is 11.0 Å². The van der Waals surface area contributed by atoms with Crippen molar-refractivity contribution in [1.29, 1.82) is 0 Å². The molecule has 0 atom stereocenters. The maximum absolute atomic E-state index is 12.3. The third kappa shape index (κ3) is 3.91. The van der Waals surface area contributed by atoms with Gasteiger partial charge in [-0.2, -0.15) is 8.42 Å². The molecule has 3 rings (SSSR count). The molecule has 0 aliphatic carbocycles. The van der Waals surface area contributed by atoms with Crippen molar-refractivity contribution in [2.24, 2.45) is 0 Å². The fourth-order valence-corrected chi connectivity index (χ4v) is 3.92. The molecule has 0 amide bonds. The number of nitrogens with zero attached hydrogens (tertiary/aromatic N) is 2. The first kappa shape index (κ1) is 17.3. The highest BCUT2D eigenvalue weighted by Crippen LogP contribution is 2.23. The molecule has 0 N–H and O–H groups in total. The van der Waals surface area contributed by atoms with Gasteiger partial charge in [0, 0.05) is 37.1 Å². The lowest BCUT2D eigenvalue weighted by molar-refractivity contribution is 0.0432. The van der Waals surface area contributed by atoms with Crippen molar-refractivity contribution in [2.75, 3.05) is 39.0 Å². The number of piperazine rings is 1. The van der Waals surface area contributed by atoms with Gasteiger partial charge in [0.15, 0.2) is 0 Å². The van der Waals surface area contributed by atoms with Gasteiger partial charge < -0.3 is 8.60 Å². The summed E-state index contributed by atoms with van der Waals surface area (Å²) in [5.41, 5.74) is 0.759. The average Bonchev–Trinajstić information content (AvgIpc) is 2.95. The number of fused-ring (bicyclic) bond motifs is 1. The Bertz CT molecular complexity index is 813. The topological polar surface area (TPSA) is 63.0 Å².